The first kappa shape index (κ1) is 13.1. The first-order valence-corrected chi connectivity index (χ1v) is 6.58. The quantitative estimate of drug-likeness (QED) is 0.809. The molecule has 1 aromatic rings. The van der Waals surface area contributed by atoms with Gasteiger partial charge in [-0.25, -0.2) is 0 Å². The molecule has 1 aliphatic rings. The molecule has 0 fully saturated rings. The predicted octanol–water partition coefficient (Wildman–Crippen LogP) is 0.816. The lowest BCUT2D eigenvalue weighted by Gasteiger charge is -2.29. The van der Waals surface area contributed by atoms with Crippen LogP contribution >= 0.6 is 0 Å². The van der Waals surface area contributed by atoms with Crippen LogP contribution in [0.2, 0.25) is 0 Å². The van der Waals surface area contributed by atoms with E-state index < -0.39 is 0 Å². The first-order valence-electron chi connectivity index (χ1n) is 6.58. The molecule has 0 saturated heterocycles. The molecule has 1 aromatic carbocycles. The average molecular weight is 247 g/mol. The van der Waals surface area contributed by atoms with Crippen LogP contribution in [0.25, 0.3) is 0 Å². The highest BCUT2D eigenvalue weighted by atomic mass is 16.2. The average Bonchev–Trinajstić information content (AvgIpc) is 2.38. The fourth-order valence-electron chi connectivity index (χ4n) is 2.43. The number of anilines is 1. The molecule has 18 heavy (non-hydrogen) atoms. The molecule has 0 spiro atoms. The number of nitrogens with zero attached hydrogens (tertiary/aromatic N) is 1. The van der Waals surface area contributed by atoms with Crippen LogP contribution in [-0.4, -0.2) is 25.5 Å². The second-order valence-electron chi connectivity index (χ2n) is 4.69. The summed E-state index contributed by atoms with van der Waals surface area (Å²) >= 11 is 0. The number of fused-ring (bicyclic) bond motifs is 1. The van der Waals surface area contributed by atoms with Crippen molar-refractivity contribution >= 4 is 11.6 Å². The summed E-state index contributed by atoms with van der Waals surface area (Å²) in [6, 6.07) is 6.30. The molecule has 1 heterocycles. The molecule has 0 unspecified atom stereocenters. The lowest BCUT2D eigenvalue weighted by Crippen LogP contribution is -2.36. The number of aryl methyl sites for hydroxylation is 1. The third-order valence-electron chi connectivity index (χ3n) is 3.36. The van der Waals surface area contributed by atoms with Crippen molar-refractivity contribution in [2.24, 2.45) is 11.5 Å². The van der Waals surface area contributed by atoms with E-state index in [1.165, 1.54) is 11.1 Å². The van der Waals surface area contributed by atoms with Gasteiger partial charge >= 0.3 is 0 Å². The molecular formula is C14H21N3O. The van der Waals surface area contributed by atoms with Crippen molar-refractivity contribution in [1.82, 2.24) is 0 Å². The third kappa shape index (κ3) is 2.71. The van der Waals surface area contributed by atoms with E-state index >= 15 is 0 Å². The number of benzene rings is 1. The van der Waals surface area contributed by atoms with Gasteiger partial charge in [0.2, 0.25) is 5.91 Å². The van der Waals surface area contributed by atoms with Crippen LogP contribution < -0.4 is 16.4 Å². The van der Waals surface area contributed by atoms with Gasteiger partial charge in [-0.15, -0.1) is 0 Å². The largest absolute Gasteiger partial charge is 0.330 e. The molecule has 2 rings (SSSR count). The van der Waals surface area contributed by atoms with Gasteiger partial charge in [-0.1, -0.05) is 12.1 Å². The second kappa shape index (κ2) is 5.98. The van der Waals surface area contributed by atoms with Gasteiger partial charge in [0.15, 0.2) is 0 Å². The van der Waals surface area contributed by atoms with E-state index in [0.29, 0.717) is 19.5 Å². The molecule has 4 heteroatoms. The Hall–Kier alpha value is -1.39. The smallest absolute Gasteiger partial charge is 0.227 e. The molecule has 0 saturated carbocycles. The Kier molecular flexibility index (Phi) is 4.33. The number of amides is 1. The SMILES string of the molecule is NCCCN1C(=O)CCc2cc(CCN)ccc21. The van der Waals surface area contributed by atoms with Crippen LogP contribution in [-0.2, 0) is 17.6 Å². The second-order valence-corrected chi connectivity index (χ2v) is 4.69. The minimum Gasteiger partial charge on any atom is -0.330 e. The van der Waals surface area contributed by atoms with Crippen molar-refractivity contribution in [2.75, 3.05) is 24.5 Å². The summed E-state index contributed by atoms with van der Waals surface area (Å²) in [5.41, 5.74) is 14.7. The Bertz CT molecular complexity index is 431. The normalized spacial score (nSPS) is 14.8. The Balaban J connectivity index is 2.24. The summed E-state index contributed by atoms with van der Waals surface area (Å²) < 4.78 is 0. The first-order chi connectivity index (χ1) is 8.76. The van der Waals surface area contributed by atoms with E-state index in [9.17, 15) is 4.79 Å². The molecule has 4 nitrogen and oxygen atoms in total. The molecule has 0 atom stereocenters. The molecule has 0 radical (unpaired) electrons. The van der Waals surface area contributed by atoms with Gasteiger partial charge in [0.1, 0.15) is 0 Å². The predicted molar refractivity (Wildman–Crippen MR) is 73.5 cm³/mol. The zero-order valence-corrected chi connectivity index (χ0v) is 10.7. The van der Waals surface area contributed by atoms with Crippen LogP contribution in [0.4, 0.5) is 5.69 Å². The van der Waals surface area contributed by atoms with Crippen molar-refractivity contribution in [1.29, 1.82) is 0 Å². The van der Waals surface area contributed by atoms with E-state index in [-0.39, 0.29) is 5.91 Å². The van der Waals surface area contributed by atoms with Crippen molar-refractivity contribution in [3.63, 3.8) is 0 Å². The van der Waals surface area contributed by atoms with Gasteiger partial charge in [-0.05, 0) is 49.5 Å². The summed E-state index contributed by atoms with van der Waals surface area (Å²) in [7, 11) is 0. The minimum atomic E-state index is 0.211. The minimum absolute atomic E-state index is 0.211. The van der Waals surface area contributed by atoms with Crippen LogP contribution in [0.3, 0.4) is 0 Å². The maximum Gasteiger partial charge on any atom is 0.227 e. The van der Waals surface area contributed by atoms with E-state index in [1.54, 1.807) is 0 Å². The summed E-state index contributed by atoms with van der Waals surface area (Å²) in [5.74, 6) is 0.211. The van der Waals surface area contributed by atoms with E-state index in [4.69, 9.17) is 11.5 Å². The number of hydrogen-bond donors (Lipinski definition) is 2. The summed E-state index contributed by atoms with van der Waals surface area (Å²) in [5, 5.41) is 0. The fraction of sp³-hybridized carbons (Fsp3) is 0.500. The number of carbonyl (C=O) groups excluding carboxylic acids is 1. The number of hydrogen-bond acceptors (Lipinski definition) is 3. The van der Waals surface area contributed by atoms with Crippen molar-refractivity contribution in [2.45, 2.75) is 25.7 Å². The summed E-state index contributed by atoms with van der Waals surface area (Å²) in [6.45, 7) is 2.00. The van der Waals surface area contributed by atoms with Gasteiger partial charge in [-0.3, -0.25) is 4.79 Å². The molecule has 98 valence electrons. The van der Waals surface area contributed by atoms with Crippen LogP contribution in [0.1, 0.15) is 24.0 Å². The van der Waals surface area contributed by atoms with Gasteiger partial charge in [0, 0.05) is 18.7 Å². The monoisotopic (exact) mass is 247 g/mol. The van der Waals surface area contributed by atoms with Crippen molar-refractivity contribution < 1.29 is 4.79 Å². The Morgan fingerprint density at radius 2 is 2.00 bits per heavy atom. The standard InChI is InChI=1S/C14H21N3O/c15-7-1-9-17-13-4-2-11(6-8-16)10-12(13)3-5-14(17)18/h2,4,10H,1,3,5-9,15-16H2. The van der Waals surface area contributed by atoms with Gasteiger partial charge < -0.3 is 16.4 Å². The molecule has 1 amide bonds. The summed E-state index contributed by atoms with van der Waals surface area (Å²) in [4.78, 5) is 13.8. The maximum atomic E-state index is 11.9. The molecular weight excluding hydrogens is 226 g/mol. The molecule has 0 bridgehead atoms. The van der Waals surface area contributed by atoms with Gasteiger partial charge in [0.05, 0.1) is 0 Å². The van der Waals surface area contributed by atoms with Crippen molar-refractivity contribution in [3.05, 3.63) is 29.3 Å². The van der Waals surface area contributed by atoms with E-state index in [0.717, 1.165) is 31.5 Å². The van der Waals surface area contributed by atoms with Gasteiger partial charge in [-0.2, -0.15) is 0 Å². The van der Waals surface area contributed by atoms with Crippen molar-refractivity contribution in [3.8, 4) is 0 Å². The van der Waals surface area contributed by atoms with E-state index in [1.807, 2.05) is 11.0 Å². The van der Waals surface area contributed by atoms with Crippen LogP contribution in [0.5, 0.6) is 0 Å². The Morgan fingerprint density at radius 1 is 1.17 bits per heavy atom. The molecule has 0 aromatic heterocycles. The zero-order valence-electron chi connectivity index (χ0n) is 10.7. The van der Waals surface area contributed by atoms with Crippen LogP contribution in [0, 0.1) is 0 Å². The highest BCUT2D eigenvalue weighted by Crippen LogP contribution is 2.28. The number of carbonyl (C=O) groups is 1. The fourth-order valence-corrected chi connectivity index (χ4v) is 2.43. The molecule has 1 aliphatic heterocycles. The molecule has 0 aliphatic carbocycles. The summed E-state index contributed by atoms with van der Waals surface area (Å²) in [6.07, 6.45) is 3.18. The lowest BCUT2D eigenvalue weighted by molar-refractivity contribution is -0.118. The Labute approximate surface area is 108 Å². The van der Waals surface area contributed by atoms with E-state index in [2.05, 4.69) is 12.1 Å². The topological polar surface area (TPSA) is 72.3 Å². The third-order valence-corrected chi connectivity index (χ3v) is 3.36. The van der Waals surface area contributed by atoms with Gasteiger partial charge in [0.25, 0.3) is 0 Å². The van der Waals surface area contributed by atoms with Crippen LogP contribution in [0.15, 0.2) is 18.2 Å². The lowest BCUT2D eigenvalue weighted by atomic mass is 9.97. The Morgan fingerprint density at radius 3 is 2.72 bits per heavy atom. The maximum absolute atomic E-state index is 11.9. The number of nitrogens with two attached hydrogens (primary N) is 2. The highest BCUT2D eigenvalue weighted by molar-refractivity contribution is 5.96. The zero-order chi connectivity index (χ0) is 13.0. The number of rotatable bonds is 5. The highest BCUT2D eigenvalue weighted by Gasteiger charge is 2.23. The molecule has 4 N–H and O–H groups in total.